The van der Waals surface area contributed by atoms with Crippen LogP contribution in [0, 0.1) is 0 Å². The number of hydrogen-bond donors (Lipinski definition) is 2. The first-order valence-electron chi connectivity index (χ1n) is 11.5. The van der Waals surface area contributed by atoms with Crippen molar-refractivity contribution in [3.05, 3.63) is 29.3 Å². The van der Waals surface area contributed by atoms with Crippen LogP contribution in [0.4, 0.5) is 0 Å². The maximum absolute atomic E-state index is 12.8. The molecule has 1 saturated heterocycles. The zero-order valence-electron chi connectivity index (χ0n) is 19.9. The third-order valence-electron chi connectivity index (χ3n) is 5.29. The van der Waals surface area contributed by atoms with E-state index in [-0.39, 0.29) is 43.0 Å². The summed E-state index contributed by atoms with van der Waals surface area (Å²) in [5.74, 6) is -1.79. The minimum absolute atomic E-state index is 0. The lowest BCUT2D eigenvalue weighted by Gasteiger charge is -2.27. The van der Waals surface area contributed by atoms with Crippen LogP contribution < -0.4 is 15.8 Å². The highest BCUT2D eigenvalue weighted by Gasteiger charge is 2.44. The smallest absolute Gasteiger partial charge is 0.262 e. The molecule has 0 saturated carbocycles. The Kier molecular flexibility index (Phi) is 12.7. The average Bonchev–Trinajstić information content (AvgIpc) is 3.09. The van der Waals surface area contributed by atoms with Gasteiger partial charge in [-0.25, -0.2) is 0 Å². The number of halogens is 1. The first-order valence-corrected chi connectivity index (χ1v) is 11.5. The zero-order chi connectivity index (χ0) is 25.0. The summed E-state index contributed by atoms with van der Waals surface area (Å²) in [7, 11) is 0. The fraction of sp³-hybridized carbons (Fsp3) is 0.565. The molecule has 0 aromatic heterocycles. The second-order valence-corrected chi connectivity index (χ2v) is 7.74. The second-order valence-electron chi connectivity index (χ2n) is 7.74. The van der Waals surface area contributed by atoms with Crippen LogP contribution in [0.1, 0.15) is 33.6 Å². The lowest BCUT2D eigenvalue weighted by atomic mass is 10.0. The molecule has 2 aliphatic rings. The summed E-state index contributed by atoms with van der Waals surface area (Å²) in [5.41, 5.74) is 5.68. The van der Waals surface area contributed by atoms with E-state index in [1.165, 1.54) is 12.1 Å². The lowest BCUT2D eigenvalue weighted by Crippen LogP contribution is -2.54. The Hall–Kier alpha value is -2.61. The third kappa shape index (κ3) is 8.22. The SMILES string of the molecule is Cl.NCCOCCOCCOCCOCCOc1ccc2c(c1)C(=O)N(C1CCC(=O)NC1=O)C2=O. The largest absolute Gasteiger partial charge is 0.491 e. The highest BCUT2D eigenvalue weighted by Crippen LogP contribution is 2.30. The van der Waals surface area contributed by atoms with Gasteiger partial charge in [0, 0.05) is 13.0 Å². The van der Waals surface area contributed by atoms with Gasteiger partial charge in [-0.3, -0.25) is 29.4 Å². The fourth-order valence-corrected chi connectivity index (χ4v) is 3.60. The van der Waals surface area contributed by atoms with E-state index in [4.69, 9.17) is 29.4 Å². The Morgan fingerprint density at radius 1 is 0.806 bits per heavy atom. The van der Waals surface area contributed by atoms with Gasteiger partial charge in [-0.15, -0.1) is 12.4 Å². The molecule has 12 nitrogen and oxygen atoms in total. The van der Waals surface area contributed by atoms with Gasteiger partial charge in [0.1, 0.15) is 18.4 Å². The molecule has 3 rings (SSSR count). The van der Waals surface area contributed by atoms with Crippen LogP contribution in [0.5, 0.6) is 5.75 Å². The average molecular weight is 530 g/mol. The van der Waals surface area contributed by atoms with Crippen LogP contribution in [-0.4, -0.2) is 101 Å². The number of amides is 4. The van der Waals surface area contributed by atoms with E-state index in [1.807, 2.05) is 0 Å². The predicted molar refractivity (Wildman–Crippen MR) is 128 cm³/mol. The molecule has 0 radical (unpaired) electrons. The van der Waals surface area contributed by atoms with E-state index in [1.54, 1.807) is 6.07 Å². The van der Waals surface area contributed by atoms with E-state index in [2.05, 4.69) is 5.32 Å². The van der Waals surface area contributed by atoms with Crippen LogP contribution in [-0.2, 0) is 28.5 Å². The number of ether oxygens (including phenoxy) is 5. The third-order valence-corrected chi connectivity index (χ3v) is 5.29. The molecule has 1 unspecified atom stereocenters. The number of piperidine rings is 1. The molecule has 0 bridgehead atoms. The first kappa shape index (κ1) is 29.6. The molecule has 1 fully saturated rings. The van der Waals surface area contributed by atoms with Gasteiger partial charge in [-0.1, -0.05) is 0 Å². The monoisotopic (exact) mass is 529 g/mol. The second kappa shape index (κ2) is 15.5. The van der Waals surface area contributed by atoms with Gasteiger partial charge in [0.2, 0.25) is 11.8 Å². The molecule has 1 atom stereocenters. The molecule has 1 aromatic rings. The van der Waals surface area contributed by atoms with Gasteiger partial charge in [0.15, 0.2) is 0 Å². The van der Waals surface area contributed by atoms with Crippen molar-refractivity contribution in [1.82, 2.24) is 10.2 Å². The molecule has 2 heterocycles. The molecule has 4 amide bonds. The van der Waals surface area contributed by atoms with E-state index in [0.29, 0.717) is 65.1 Å². The summed E-state index contributed by atoms with van der Waals surface area (Å²) >= 11 is 0. The highest BCUT2D eigenvalue weighted by atomic mass is 35.5. The van der Waals surface area contributed by atoms with Crippen LogP contribution in [0.3, 0.4) is 0 Å². The summed E-state index contributed by atoms with van der Waals surface area (Å²) in [4.78, 5) is 49.9. The Bertz CT molecular complexity index is 915. The maximum atomic E-state index is 12.8. The Balaban J connectivity index is 0.00000456. The van der Waals surface area contributed by atoms with Gasteiger partial charge in [0.05, 0.1) is 64.0 Å². The van der Waals surface area contributed by atoms with Gasteiger partial charge in [0.25, 0.3) is 11.8 Å². The van der Waals surface area contributed by atoms with E-state index < -0.39 is 29.7 Å². The number of benzene rings is 1. The summed E-state index contributed by atoms with van der Waals surface area (Å²) in [6.07, 6.45) is 0.180. The molecule has 0 aliphatic carbocycles. The Morgan fingerprint density at radius 3 is 1.94 bits per heavy atom. The van der Waals surface area contributed by atoms with Crippen molar-refractivity contribution < 1.29 is 42.9 Å². The number of hydrogen-bond acceptors (Lipinski definition) is 10. The summed E-state index contributed by atoms with van der Waals surface area (Å²) in [6, 6.07) is 3.56. The van der Waals surface area contributed by atoms with E-state index >= 15 is 0 Å². The van der Waals surface area contributed by atoms with Crippen molar-refractivity contribution in [3.63, 3.8) is 0 Å². The maximum Gasteiger partial charge on any atom is 0.262 e. The summed E-state index contributed by atoms with van der Waals surface area (Å²) < 4.78 is 27.0. The highest BCUT2D eigenvalue weighted by molar-refractivity contribution is 6.23. The molecular weight excluding hydrogens is 498 g/mol. The number of nitrogens with two attached hydrogens (primary N) is 1. The van der Waals surface area contributed by atoms with Crippen molar-refractivity contribution >= 4 is 36.0 Å². The van der Waals surface area contributed by atoms with Crippen LogP contribution >= 0.6 is 12.4 Å². The Morgan fingerprint density at radius 2 is 1.36 bits per heavy atom. The molecule has 0 spiro atoms. The normalized spacial score (nSPS) is 17.1. The Labute approximate surface area is 215 Å². The summed E-state index contributed by atoms with van der Waals surface area (Å²) in [6.45, 7) is 4.29. The minimum Gasteiger partial charge on any atom is -0.491 e. The van der Waals surface area contributed by atoms with Gasteiger partial charge in [-0.05, 0) is 24.6 Å². The van der Waals surface area contributed by atoms with Crippen molar-refractivity contribution in [1.29, 1.82) is 0 Å². The van der Waals surface area contributed by atoms with Crippen molar-refractivity contribution in [3.8, 4) is 5.75 Å². The molecule has 2 aliphatic heterocycles. The number of carbonyl (C=O) groups is 4. The number of nitrogens with zero attached hydrogens (tertiary/aromatic N) is 1. The molecule has 1 aromatic carbocycles. The molecular formula is C23H32ClN3O9. The zero-order valence-corrected chi connectivity index (χ0v) is 20.7. The number of carbonyl (C=O) groups excluding carboxylic acids is 4. The van der Waals surface area contributed by atoms with Gasteiger partial charge >= 0.3 is 0 Å². The van der Waals surface area contributed by atoms with Crippen molar-refractivity contribution in [2.24, 2.45) is 5.73 Å². The first-order chi connectivity index (χ1) is 17.0. The van der Waals surface area contributed by atoms with E-state index in [9.17, 15) is 19.2 Å². The molecule has 200 valence electrons. The van der Waals surface area contributed by atoms with Crippen molar-refractivity contribution in [2.75, 3.05) is 66.0 Å². The number of rotatable bonds is 16. The number of nitrogens with one attached hydrogen (secondary N) is 1. The van der Waals surface area contributed by atoms with Crippen molar-refractivity contribution in [2.45, 2.75) is 18.9 Å². The van der Waals surface area contributed by atoms with E-state index in [0.717, 1.165) is 4.90 Å². The number of imide groups is 2. The molecule has 36 heavy (non-hydrogen) atoms. The lowest BCUT2D eigenvalue weighted by molar-refractivity contribution is -0.136. The van der Waals surface area contributed by atoms with Gasteiger partial charge < -0.3 is 29.4 Å². The quantitative estimate of drug-likeness (QED) is 0.219. The molecule has 13 heteroatoms. The van der Waals surface area contributed by atoms with Gasteiger partial charge in [-0.2, -0.15) is 0 Å². The number of fused-ring (bicyclic) bond motifs is 1. The summed E-state index contributed by atoms with van der Waals surface area (Å²) in [5, 5.41) is 2.17. The standard InChI is InChI=1S/C23H31N3O9.ClH/c24-5-6-31-7-8-32-9-10-33-11-12-34-13-14-35-16-1-2-17-18(15-16)23(30)26(22(17)29)19-3-4-20(27)25-21(19)28;/h1-2,15,19H,3-14,24H2,(H,25,27,28);1H. The minimum atomic E-state index is -0.998. The van der Waals surface area contributed by atoms with Crippen LogP contribution in [0.2, 0.25) is 0 Å². The van der Waals surface area contributed by atoms with Crippen LogP contribution in [0.15, 0.2) is 18.2 Å². The van der Waals surface area contributed by atoms with Crippen LogP contribution in [0.25, 0.3) is 0 Å². The predicted octanol–water partition coefficient (Wildman–Crippen LogP) is -0.0865. The fourth-order valence-electron chi connectivity index (χ4n) is 3.60. The molecule has 3 N–H and O–H groups in total. The topological polar surface area (TPSA) is 156 Å².